The minimum Gasteiger partial charge on any atom is -0.373 e. The zero-order valence-corrected chi connectivity index (χ0v) is 13.7. The number of hydrogen-bond acceptors (Lipinski definition) is 5. The second-order valence-electron chi connectivity index (χ2n) is 6.39. The van der Waals surface area contributed by atoms with Crippen molar-refractivity contribution in [3.05, 3.63) is 35.9 Å². The Kier molecular flexibility index (Phi) is 4.54. The van der Waals surface area contributed by atoms with Crippen LogP contribution in [0.5, 0.6) is 0 Å². The molecule has 2 fully saturated rings. The average Bonchev–Trinajstić information content (AvgIpc) is 2.80. The van der Waals surface area contributed by atoms with E-state index in [4.69, 9.17) is 8.92 Å². The predicted molar refractivity (Wildman–Crippen MR) is 84.0 cm³/mol. The van der Waals surface area contributed by atoms with Gasteiger partial charge in [0.25, 0.3) is 10.1 Å². The van der Waals surface area contributed by atoms with Crippen molar-refractivity contribution in [3.63, 3.8) is 0 Å². The Labute approximate surface area is 132 Å². The van der Waals surface area contributed by atoms with Crippen LogP contribution in [0, 0.1) is 0 Å². The van der Waals surface area contributed by atoms with E-state index in [1.807, 2.05) is 18.2 Å². The lowest BCUT2D eigenvalue weighted by molar-refractivity contribution is -0.103. The van der Waals surface area contributed by atoms with E-state index in [9.17, 15) is 8.42 Å². The summed E-state index contributed by atoms with van der Waals surface area (Å²) in [5.74, 6) is 0. The molecule has 1 spiro atoms. The van der Waals surface area contributed by atoms with Gasteiger partial charge in [-0.05, 0) is 18.4 Å². The highest BCUT2D eigenvalue weighted by Gasteiger charge is 2.44. The highest BCUT2D eigenvalue weighted by molar-refractivity contribution is 7.86. The minimum absolute atomic E-state index is 0.248. The van der Waals surface area contributed by atoms with Gasteiger partial charge in [-0.15, -0.1) is 0 Å². The molecule has 122 valence electrons. The third-order valence-electron chi connectivity index (χ3n) is 4.40. The van der Waals surface area contributed by atoms with Gasteiger partial charge in [-0.2, -0.15) is 8.42 Å². The van der Waals surface area contributed by atoms with Crippen molar-refractivity contribution in [2.75, 3.05) is 26.0 Å². The smallest absolute Gasteiger partial charge is 0.264 e. The van der Waals surface area contributed by atoms with Gasteiger partial charge in [-0.3, -0.25) is 9.08 Å². The van der Waals surface area contributed by atoms with Gasteiger partial charge in [0.2, 0.25) is 0 Å². The summed E-state index contributed by atoms with van der Waals surface area (Å²) in [6.07, 6.45) is 3.11. The normalized spacial score (nSPS) is 30.0. The van der Waals surface area contributed by atoms with Crippen LogP contribution < -0.4 is 0 Å². The van der Waals surface area contributed by atoms with Crippen molar-refractivity contribution >= 4 is 10.1 Å². The minimum atomic E-state index is -3.40. The van der Waals surface area contributed by atoms with Crippen molar-refractivity contribution in [2.24, 2.45) is 0 Å². The van der Waals surface area contributed by atoms with E-state index >= 15 is 0 Å². The molecule has 0 saturated carbocycles. The molecule has 0 unspecified atom stereocenters. The molecule has 0 bridgehead atoms. The summed E-state index contributed by atoms with van der Waals surface area (Å²) in [4.78, 5) is 2.37. The first-order valence-corrected chi connectivity index (χ1v) is 9.54. The lowest BCUT2D eigenvalue weighted by Crippen LogP contribution is -2.45. The van der Waals surface area contributed by atoms with Crippen LogP contribution in [-0.4, -0.2) is 51.0 Å². The molecule has 2 aliphatic heterocycles. The van der Waals surface area contributed by atoms with Crippen molar-refractivity contribution in [2.45, 2.75) is 37.5 Å². The molecule has 5 nitrogen and oxygen atoms in total. The first-order valence-electron chi connectivity index (χ1n) is 7.73. The zero-order chi connectivity index (χ0) is 15.6. The maximum absolute atomic E-state index is 11.3. The molecule has 2 heterocycles. The van der Waals surface area contributed by atoms with Crippen molar-refractivity contribution < 1.29 is 17.3 Å². The molecule has 2 saturated heterocycles. The first kappa shape index (κ1) is 15.9. The lowest BCUT2D eigenvalue weighted by Gasteiger charge is -2.37. The van der Waals surface area contributed by atoms with Crippen LogP contribution >= 0.6 is 0 Å². The van der Waals surface area contributed by atoms with E-state index in [1.54, 1.807) is 0 Å². The molecule has 0 radical (unpaired) electrons. The molecule has 0 amide bonds. The lowest BCUT2D eigenvalue weighted by atomic mass is 9.91. The van der Waals surface area contributed by atoms with Gasteiger partial charge in [0, 0.05) is 32.7 Å². The van der Waals surface area contributed by atoms with Gasteiger partial charge in [0.05, 0.1) is 18.0 Å². The third kappa shape index (κ3) is 4.07. The van der Waals surface area contributed by atoms with E-state index in [-0.39, 0.29) is 11.7 Å². The van der Waals surface area contributed by atoms with Crippen LogP contribution in [-0.2, 0) is 25.6 Å². The Morgan fingerprint density at radius 3 is 2.86 bits per heavy atom. The van der Waals surface area contributed by atoms with Gasteiger partial charge in [0.15, 0.2) is 0 Å². The van der Waals surface area contributed by atoms with Gasteiger partial charge in [-0.25, -0.2) is 0 Å². The van der Waals surface area contributed by atoms with Crippen LogP contribution in [0.3, 0.4) is 0 Å². The summed E-state index contributed by atoms with van der Waals surface area (Å²) in [5, 5.41) is 0. The van der Waals surface area contributed by atoms with Crippen LogP contribution in [0.15, 0.2) is 30.3 Å². The molecule has 2 atom stereocenters. The Morgan fingerprint density at radius 1 is 1.36 bits per heavy atom. The van der Waals surface area contributed by atoms with Crippen molar-refractivity contribution in [1.82, 2.24) is 4.90 Å². The zero-order valence-electron chi connectivity index (χ0n) is 12.9. The van der Waals surface area contributed by atoms with Gasteiger partial charge < -0.3 is 4.74 Å². The van der Waals surface area contributed by atoms with E-state index in [0.717, 1.165) is 32.3 Å². The highest BCUT2D eigenvalue weighted by atomic mass is 32.2. The van der Waals surface area contributed by atoms with Gasteiger partial charge in [0.1, 0.15) is 0 Å². The second-order valence-corrected chi connectivity index (χ2v) is 7.99. The first-order chi connectivity index (χ1) is 10.4. The molecule has 0 aliphatic carbocycles. The largest absolute Gasteiger partial charge is 0.373 e. The van der Waals surface area contributed by atoms with E-state index in [2.05, 4.69) is 17.0 Å². The second kappa shape index (κ2) is 6.28. The summed E-state index contributed by atoms with van der Waals surface area (Å²) in [5.41, 5.74) is 1.04. The van der Waals surface area contributed by atoms with Gasteiger partial charge >= 0.3 is 0 Å². The molecule has 22 heavy (non-hydrogen) atoms. The molecular formula is C16H23NO4S. The summed E-state index contributed by atoms with van der Waals surface area (Å²) in [6, 6.07) is 10.4. The molecule has 3 rings (SSSR count). The molecule has 0 N–H and O–H groups in total. The monoisotopic (exact) mass is 325 g/mol. The summed E-state index contributed by atoms with van der Waals surface area (Å²) in [7, 11) is -3.40. The molecule has 6 heteroatoms. The maximum atomic E-state index is 11.3. The van der Waals surface area contributed by atoms with E-state index in [1.165, 1.54) is 5.56 Å². The summed E-state index contributed by atoms with van der Waals surface area (Å²) >= 11 is 0. The molecule has 0 aromatic heterocycles. The van der Waals surface area contributed by atoms with Crippen LogP contribution in [0.2, 0.25) is 0 Å². The fourth-order valence-electron chi connectivity index (χ4n) is 3.50. The van der Waals surface area contributed by atoms with Crippen LogP contribution in [0.1, 0.15) is 24.8 Å². The number of rotatable bonds is 4. The Balaban J connectivity index is 1.60. The molecule has 1 aromatic carbocycles. The topological polar surface area (TPSA) is 55.8 Å². The summed E-state index contributed by atoms with van der Waals surface area (Å²) in [6.45, 7) is 3.29. The quantitative estimate of drug-likeness (QED) is 0.790. The fraction of sp³-hybridized carbons (Fsp3) is 0.625. The molecule has 2 aliphatic rings. The van der Waals surface area contributed by atoms with Crippen molar-refractivity contribution in [3.8, 4) is 0 Å². The van der Waals surface area contributed by atoms with Crippen LogP contribution in [0.4, 0.5) is 0 Å². The molecular weight excluding hydrogens is 302 g/mol. The van der Waals surface area contributed by atoms with E-state index in [0.29, 0.717) is 19.4 Å². The SMILES string of the molecule is CS(=O)(=O)O[C@H]1CCO[C@]2(CCN(Cc3ccccc3)C2)C1. The Bertz CT molecular complexity index is 604. The average molecular weight is 325 g/mol. The number of likely N-dealkylation sites (tertiary alicyclic amines) is 1. The Morgan fingerprint density at radius 2 is 2.14 bits per heavy atom. The van der Waals surface area contributed by atoms with E-state index < -0.39 is 10.1 Å². The Hall–Kier alpha value is -0.950. The fourth-order valence-corrected chi connectivity index (χ4v) is 4.16. The number of nitrogens with zero attached hydrogens (tertiary/aromatic N) is 1. The standard InChI is InChI=1S/C16H23NO4S/c1-22(18,19)21-15-7-10-20-16(11-15)8-9-17(13-16)12-14-5-3-2-4-6-14/h2-6,15H,7-13H2,1H3/t15-,16+/m0/s1. The number of benzene rings is 1. The van der Waals surface area contributed by atoms with Crippen molar-refractivity contribution in [1.29, 1.82) is 0 Å². The number of ether oxygens (including phenoxy) is 1. The van der Waals surface area contributed by atoms with Crippen LogP contribution in [0.25, 0.3) is 0 Å². The molecule has 1 aromatic rings. The third-order valence-corrected chi connectivity index (χ3v) is 5.02. The maximum Gasteiger partial charge on any atom is 0.264 e. The summed E-state index contributed by atoms with van der Waals surface area (Å²) < 4.78 is 33.9. The van der Waals surface area contributed by atoms with Gasteiger partial charge in [-0.1, -0.05) is 30.3 Å². The predicted octanol–water partition coefficient (Wildman–Crippen LogP) is 1.79. The number of hydrogen-bond donors (Lipinski definition) is 0. The highest BCUT2D eigenvalue weighted by Crippen LogP contribution is 2.36.